The van der Waals surface area contributed by atoms with Gasteiger partial charge in [0, 0.05) is 0 Å². The van der Waals surface area contributed by atoms with Gasteiger partial charge in [-0.2, -0.15) is 0 Å². The molecular weight excluding hydrogens is 232 g/mol. The Morgan fingerprint density at radius 1 is 1.39 bits per heavy atom. The largest absolute Gasteiger partial charge is 0.495 e. The second-order valence-electron chi connectivity index (χ2n) is 4.99. The minimum absolute atomic E-state index is 0.217. The average Bonchev–Trinajstić information content (AvgIpc) is 2.26. The van der Waals surface area contributed by atoms with E-state index in [1.54, 1.807) is 25.4 Å². The predicted octanol–water partition coefficient (Wildman–Crippen LogP) is 2.68. The molecule has 18 heavy (non-hydrogen) atoms. The fraction of sp³-hybridized carbons (Fsp3) is 0.538. The Labute approximate surface area is 108 Å². The molecule has 0 aliphatic heterocycles. The van der Waals surface area contributed by atoms with Crippen molar-refractivity contribution < 1.29 is 14.3 Å². The van der Waals surface area contributed by atoms with Crippen molar-refractivity contribution in [2.45, 2.75) is 39.3 Å². The van der Waals surface area contributed by atoms with Gasteiger partial charge in [0.25, 0.3) is 0 Å². The summed E-state index contributed by atoms with van der Waals surface area (Å²) in [5.41, 5.74) is 0.249. The standard InChI is InChI=1S/C13H20N2O3/c1-9(15-12(16)18-13(2,3)4)11-7-6-10(17-5)8-14-11/h6-9H,1-5H3,(H,15,16). The molecule has 0 radical (unpaired) electrons. The van der Waals surface area contributed by atoms with Crippen LogP contribution in [0.4, 0.5) is 4.79 Å². The molecule has 0 saturated carbocycles. The quantitative estimate of drug-likeness (QED) is 0.898. The fourth-order valence-corrected chi connectivity index (χ4v) is 1.33. The van der Waals surface area contributed by atoms with Crippen LogP contribution in [-0.4, -0.2) is 23.8 Å². The van der Waals surface area contributed by atoms with Gasteiger partial charge < -0.3 is 14.8 Å². The molecule has 0 bridgehead atoms. The van der Waals surface area contributed by atoms with Crippen molar-refractivity contribution in [3.05, 3.63) is 24.0 Å². The highest BCUT2D eigenvalue weighted by Gasteiger charge is 2.18. The smallest absolute Gasteiger partial charge is 0.408 e. The third kappa shape index (κ3) is 4.61. The maximum atomic E-state index is 11.6. The zero-order valence-corrected chi connectivity index (χ0v) is 11.5. The first kappa shape index (κ1) is 14.3. The average molecular weight is 252 g/mol. The molecule has 5 nitrogen and oxygen atoms in total. The normalized spacial score (nSPS) is 12.7. The Hall–Kier alpha value is -1.78. The highest BCUT2D eigenvalue weighted by Crippen LogP contribution is 2.15. The lowest BCUT2D eigenvalue weighted by Crippen LogP contribution is -2.34. The number of rotatable bonds is 3. The second-order valence-corrected chi connectivity index (χ2v) is 4.99. The lowest BCUT2D eigenvalue weighted by molar-refractivity contribution is 0.0507. The number of carbonyl (C=O) groups excluding carboxylic acids is 1. The molecule has 1 aromatic rings. The zero-order valence-electron chi connectivity index (χ0n) is 11.5. The SMILES string of the molecule is COc1ccc(C(C)NC(=O)OC(C)(C)C)nc1. The number of alkyl carbamates (subject to hydrolysis) is 1. The lowest BCUT2D eigenvalue weighted by Gasteiger charge is -2.21. The number of hydrogen-bond donors (Lipinski definition) is 1. The van der Waals surface area contributed by atoms with Crippen molar-refractivity contribution in [1.82, 2.24) is 10.3 Å². The molecule has 0 aliphatic carbocycles. The van der Waals surface area contributed by atoms with Crippen molar-refractivity contribution in [3.63, 3.8) is 0 Å². The molecule has 1 N–H and O–H groups in total. The Morgan fingerprint density at radius 2 is 2.06 bits per heavy atom. The summed E-state index contributed by atoms with van der Waals surface area (Å²) in [6, 6.07) is 3.39. The van der Waals surface area contributed by atoms with Crippen molar-refractivity contribution in [2.75, 3.05) is 7.11 Å². The summed E-state index contributed by atoms with van der Waals surface area (Å²) < 4.78 is 10.2. The molecular formula is C13H20N2O3. The number of ether oxygens (including phenoxy) is 2. The number of aromatic nitrogens is 1. The highest BCUT2D eigenvalue weighted by atomic mass is 16.6. The molecule has 100 valence electrons. The Bertz CT molecular complexity index is 396. The molecule has 0 aromatic carbocycles. The van der Waals surface area contributed by atoms with E-state index in [0.717, 1.165) is 5.69 Å². The third-order valence-electron chi connectivity index (χ3n) is 2.17. The van der Waals surface area contributed by atoms with Gasteiger partial charge in [-0.3, -0.25) is 4.98 Å². The summed E-state index contributed by atoms with van der Waals surface area (Å²) in [4.78, 5) is 15.8. The fourth-order valence-electron chi connectivity index (χ4n) is 1.33. The molecule has 1 rings (SSSR count). The van der Waals surface area contributed by atoms with Gasteiger partial charge in [-0.25, -0.2) is 4.79 Å². The molecule has 0 aliphatic rings. The molecule has 0 saturated heterocycles. The van der Waals surface area contributed by atoms with Gasteiger partial charge in [-0.15, -0.1) is 0 Å². The Balaban J connectivity index is 2.59. The predicted molar refractivity (Wildman–Crippen MR) is 68.6 cm³/mol. The van der Waals surface area contributed by atoms with Gasteiger partial charge >= 0.3 is 6.09 Å². The van der Waals surface area contributed by atoms with Crippen LogP contribution in [0.3, 0.4) is 0 Å². The van der Waals surface area contributed by atoms with Crippen LogP contribution < -0.4 is 10.1 Å². The van der Waals surface area contributed by atoms with Gasteiger partial charge in [0.15, 0.2) is 0 Å². The number of pyridine rings is 1. The summed E-state index contributed by atoms with van der Waals surface area (Å²) in [5.74, 6) is 0.684. The van der Waals surface area contributed by atoms with E-state index in [1.807, 2.05) is 27.7 Å². The van der Waals surface area contributed by atoms with Gasteiger partial charge in [0.1, 0.15) is 11.4 Å². The summed E-state index contributed by atoms with van der Waals surface area (Å²) in [7, 11) is 1.58. The Kier molecular flexibility index (Phi) is 4.53. The van der Waals surface area contributed by atoms with E-state index in [0.29, 0.717) is 5.75 Å². The Morgan fingerprint density at radius 3 is 2.50 bits per heavy atom. The third-order valence-corrected chi connectivity index (χ3v) is 2.17. The van der Waals surface area contributed by atoms with E-state index in [1.165, 1.54) is 0 Å². The van der Waals surface area contributed by atoms with Gasteiger partial charge in [-0.05, 0) is 39.8 Å². The molecule has 0 fully saturated rings. The van der Waals surface area contributed by atoms with Crippen molar-refractivity contribution >= 4 is 6.09 Å². The number of nitrogens with zero attached hydrogens (tertiary/aromatic N) is 1. The lowest BCUT2D eigenvalue weighted by atomic mass is 10.2. The van der Waals surface area contributed by atoms with E-state index in [9.17, 15) is 4.79 Å². The topological polar surface area (TPSA) is 60.5 Å². The minimum atomic E-state index is -0.503. The summed E-state index contributed by atoms with van der Waals surface area (Å²) >= 11 is 0. The van der Waals surface area contributed by atoms with Crippen LogP contribution in [0.25, 0.3) is 0 Å². The van der Waals surface area contributed by atoms with Crippen molar-refractivity contribution in [2.24, 2.45) is 0 Å². The van der Waals surface area contributed by atoms with E-state index >= 15 is 0 Å². The van der Waals surface area contributed by atoms with Crippen LogP contribution in [0.1, 0.15) is 39.4 Å². The molecule has 0 spiro atoms. The van der Waals surface area contributed by atoms with Crippen LogP contribution in [0, 0.1) is 0 Å². The van der Waals surface area contributed by atoms with Crippen LogP contribution in [0.5, 0.6) is 5.75 Å². The van der Waals surface area contributed by atoms with E-state index in [-0.39, 0.29) is 6.04 Å². The van der Waals surface area contributed by atoms with Crippen LogP contribution in [-0.2, 0) is 4.74 Å². The number of carbonyl (C=O) groups is 1. The first-order valence-electron chi connectivity index (χ1n) is 5.81. The maximum absolute atomic E-state index is 11.6. The monoisotopic (exact) mass is 252 g/mol. The number of methoxy groups -OCH3 is 1. The van der Waals surface area contributed by atoms with Crippen LogP contribution in [0.2, 0.25) is 0 Å². The molecule has 1 atom stereocenters. The van der Waals surface area contributed by atoms with Crippen LogP contribution >= 0.6 is 0 Å². The summed E-state index contributed by atoms with van der Waals surface area (Å²) in [6.45, 7) is 7.31. The van der Waals surface area contributed by atoms with E-state index < -0.39 is 11.7 Å². The number of nitrogens with one attached hydrogen (secondary N) is 1. The summed E-state index contributed by atoms with van der Waals surface area (Å²) in [5, 5.41) is 2.73. The maximum Gasteiger partial charge on any atom is 0.408 e. The van der Waals surface area contributed by atoms with E-state index in [4.69, 9.17) is 9.47 Å². The number of amides is 1. The van der Waals surface area contributed by atoms with Gasteiger partial charge in [-0.1, -0.05) is 0 Å². The van der Waals surface area contributed by atoms with Gasteiger partial charge in [0.05, 0.1) is 25.0 Å². The molecule has 5 heteroatoms. The molecule has 1 aromatic heterocycles. The van der Waals surface area contributed by atoms with Crippen LogP contribution in [0.15, 0.2) is 18.3 Å². The van der Waals surface area contributed by atoms with Crippen molar-refractivity contribution in [3.8, 4) is 5.75 Å². The van der Waals surface area contributed by atoms with Gasteiger partial charge in [0.2, 0.25) is 0 Å². The van der Waals surface area contributed by atoms with Crippen molar-refractivity contribution in [1.29, 1.82) is 0 Å². The first-order valence-corrected chi connectivity index (χ1v) is 5.81. The molecule has 1 unspecified atom stereocenters. The minimum Gasteiger partial charge on any atom is -0.495 e. The highest BCUT2D eigenvalue weighted by molar-refractivity contribution is 5.68. The summed E-state index contributed by atoms with van der Waals surface area (Å²) in [6.07, 6.45) is 1.16. The number of hydrogen-bond acceptors (Lipinski definition) is 4. The molecule has 1 amide bonds. The van der Waals surface area contributed by atoms with E-state index in [2.05, 4.69) is 10.3 Å². The molecule has 1 heterocycles. The zero-order chi connectivity index (χ0) is 13.8. The first-order chi connectivity index (χ1) is 8.31. The second kappa shape index (κ2) is 5.71.